The van der Waals surface area contributed by atoms with Gasteiger partial charge in [-0.15, -0.1) is 0 Å². The monoisotopic (exact) mass is 342 g/mol. The van der Waals surface area contributed by atoms with Crippen molar-refractivity contribution in [3.05, 3.63) is 101 Å². The summed E-state index contributed by atoms with van der Waals surface area (Å²) in [4.78, 5) is 2.63. The average Bonchev–Trinajstić information content (AvgIpc) is 2.69. The molecule has 1 atom stereocenters. The van der Waals surface area contributed by atoms with Crippen molar-refractivity contribution in [2.24, 2.45) is 0 Å². The molecule has 0 aliphatic heterocycles. The standard InChI is InChI=1S/C24H26N2/c25-24-13-7-12-21-14-15-22(16-23(21)24)26(17-19-8-3-1-4-9-19)18-20-10-5-2-6-11-20/h1-13,22H,14-18,25H2/t22-/m1/s1. The minimum absolute atomic E-state index is 0.521. The number of hydrogen-bond donors (Lipinski definition) is 1. The fourth-order valence-corrected chi connectivity index (χ4v) is 4.06. The molecule has 0 amide bonds. The Labute approximate surface area is 156 Å². The van der Waals surface area contributed by atoms with Crippen molar-refractivity contribution >= 4 is 5.69 Å². The number of fused-ring (bicyclic) bond motifs is 1. The molecule has 2 N–H and O–H groups in total. The summed E-state index contributed by atoms with van der Waals surface area (Å²) in [5.74, 6) is 0. The SMILES string of the molecule is Nc1cccc2c1C[C@H](N(Cc1ccccc1)Cc1ccccc1)CC2. The summed E-state index contributed by atoms with van der Waals surface area (Å²) in [6.45, 7) is 1.95. The second-order valence-corrected chi connectivity index (χ2v) is 7.26. The molecule has 4 rings (SSSR count). The highest BCUT2D eigenvalue weighted by atomic mass is 15.2. The minimum Gasteiger partial charge on any atom is -0.398 e. The van der Waals surface area contributed by atoms with Crippen molar-refractivity contribution in [3.8, 4) is 0 Å². The highest BCUT2D eigenvalue weighted by Crippen LogP contribution is 2.30. The van der Waals surface area contributed by atoms with E-state index in [9.17, 15) is 0 Å². The van der Waals surface area contributed by atoms with Gasteiger partial charge in [-0.2, -0.15) is 0 Å². The number of rotatable bonds is 5. The molecule has 3 aromatic carbocycles. The van der Waals surface area contributed by atoms with Crippen LogP contribution in [0, 0.1) is 0 Å². The molecule has 0 saturated carbocycles. The Morgan fingerprint density at radius 2 is 1.38 bits per heavy atom. The molecule has 0 aromatic heterocycles. The smallest absolute Gasteiger partial charge is 0.0349 e. The number of nitrogens with two attached hydrogens (primary N) is 1. The fourth-order valence-electron chi connectivity index (χ4n) is 4.06. The number of anilines is 1. The van der Waals surface area contributed by atoms with Gasteiger partial charge in [0.2, 0.25) is 0 Å². The van der Waals surface area contributed by atoms with Gasteiger partial charge < -0.3 is 5.73 Å². The van der Waals surface area contributed by atoms with E-state index < -0.39 is 0 Å². The van der Waals surface area contributed by atoms with Crippen molar-refractivity contribution in [1.82, 2.24) is 4.90 Å². The van der Waals surface area contributed by atoms with Crippen LogP contribution in [0.25, 0.3) is 0 Å². The first-order valence-electron chi connectivity index (χ1n) is 9.48. The number of nitrogens with zero attached hydrogens (tertiary/aromatic N) is 1. The van der Waals surface area contributed by atoms with E-state index in [0.717, 1.165) is 31.6 Å². The molecule has 0 heterocycles. The molecule has 0 fully saturated rings. The number of aryl methyl sites for hydroxylation is 1. The van der Waals surface area contributed by atoms with E-state index in [2.05, 4.69) is 77.7 Å². The maximum absolute atomic E-state index is 6.29. The maximum atomic E-state index is 6.29. The van der Waals surface area contributed by atoms with Gasteiger partial charge >= 0.3 is 0 Å². The Balaban J connectivity index is 1.59. The third-order valence-corrected chi connectivity index (χ3v) is 5.47. The quantitative estimate of drug-likeness (QED) is 0.673. The predicted molar refractivity (Wildman–Crippen MR) is 109 cm³/mol. The summed E-state index contributed by atoms with van der Waals surface area (Å²) in [7, 11) is 0. The van der Waals surface area contributed by atoms with Crippen molar-refractivity contribution < 1.29 is 0 Å². The molecular formula is C24H26N2. The molecule has 2 nitrogen and oxygen atoms in total. The molecular weight excluding hydrogens is 316 g/mol. The predicted octanol–water partition coefficient (Wildman–Crippen LogP) is 4.83. The second kappa shape index (κ2) is 7.76. The van der Waals surface area contributed by atoms with Crippen LogP contribution in [0.4, 0.5) is 5.69 Å². The van der Waals surface area contributed by atoms with Crippen molar-refractivity contribution in [1.29, 1.82) is 0 Å². The van der Waals surface area contributed by atoms with Crippen LogP contribution in [-0.2, 0) is 25.9 Å². The molecule has 132 valence electrons. The first-order valence-corrected chi connectivity index (χ1v) is 9.48. The lowest BCUT2D eigenvalue weighted by Gasteiger charge is -2.36. The van der Waals surface area contributed by atoms with Gasteiger partial charge in [-0.25, -0.2) is 0 Å². The summed E-state index contributed by atoms with van der Waals surface area (Å²) < 4.78 is 0. The molecule has 26 heavy (non-hydrogen) atoms. The maximum Gasteiger partial charge on any atom is 0.0349 e. The van der Waals surface area contributed by atoms with Crippen LogP contribution in [0.5, 0.6) is 0 Å². The van der Waals surface area contributed by atoms with E-state index in [4.69, 9.17) is 5.73 Å². The summed E-state index contributed by atoms with van der Waals surface area (Å²) in [6.07, 6.45) is 3.35. The van der Waals surface area contributed by atoms with Gasteiger partial charge in [-0.1, -0.05) is 72.8 Å². The van der Waals surface area contributed by atoms with E-state index >= 15 is 0 Å². The normalized spacial score (nSPS) is 16.4. The van der Waals surface area contributed by atoms with Crippen molar-refractivity contribution in [3.63, 3.8) is 0 Å². The van der Waals surface area contributed by atoms with E-state index in [0.29, 0.717) is 6.04 Å². The zero-order valence-corrected chi connectivity index (χ0v) is 15.1. The van der Waals surface area contributed by atoms with Crippen LogP contribution in [0.3, 0.4) is 0 Å². The Kier molecular flexibility index (Phi) is 5.03. The van der Waals surface area contributed by atoms with Crippen LogP contribution in [0.1, 0.15) is 28.7 Å². The zero-order valence-electron chi connectivity index (χ0n) is 15.1. The number of hydrogen-bond acceptors (Lipinski definition) is 2. The lowest BCUT2D eigenvalue weighted by molar-refractivity contribution is 0.162. The zero-order chi connectivity index (χ0) is 17.8. The first-order chi connectivity index (χ1) is 12.8. The van der Waals surface area contributed by atoms with Gasteiger partial charge in [0.15, 0.2) is 0 Å². The lowest BCUT2D eigenvalue weighted by atomic mass is 9.86. The van der Waals surface area contributed by atoms with Crippen LogP contribution < -0.4 is 5.73 Å². The molecule has 0 spiro atoms. The molecule has 0 unspecified atom stereocenters. The van der Waals surface area contributed by atoms with Gasteiger partial charge in [0.05, 0.1) is 0 Å². The van der Waals surface area contributed by atoms with E-state index in [1.165, 1.54) is 28.7 Å². The van der Waals surface area contributed by atoms with Gasteiger partial charge in [0.25, 0.3) is 0 Å². The molecule has 0 radical (unpaired) electrons. The minimum atomic E-state index is 0.521. The van der Waals surface area contributed by atoms with Crippen molar-refractivity contribution in [2.75, 3.05) is 5.73 Å². The average molecular weight is 342 g/mol. The van der Waals surface area contributed by atoms with E-state index in [1.54, 1.807) is 0 Å². The third-order valence-electron chi connectivity index (χ3n) is 5.47. The summed E-state index contributed by atoms with van der Waals surface area (Å²) >= 11 is 0. The van der Waals surface area contributed by atoms with Crippen LogP contribution in [0.15, 0.2) is 78.9 Å². The summed E-state index contributed by atoms with van der Waals surface area (Å²) in [6, 6.07) is 28.5. The van der Waals surface area contributed by atoms with Crippen molar-refractivity contribution in [2.45, 2.75) is 38.4 Å². The molecule has 0 bridgehead atoms. The summed E-state index contributed by atoms with van der Waals surface area (Å²) in [5.41, 5.74) is 12.8. The molecule has 1 aliphatic carbocycles. The Bertz CT molecular complexity index is 801. The van der Waals surface area contributed by atoms with Gasteiger partial charge in [0.1, 0.15) is 0 Å². The van der Waals surface area contributed by atoms with Gasteiger partial charge in [-0.3, -0.25) is 4.90 Å². The third kappa shape index (κ3) is 3.81. The largest absolute Gasteiger partial charge is 0.398 e. The second-order valence-electron chi connectivity index (χ2n) is 7.26. The highest BCUT2D eigenvalue weighted by Gasteiger charge is 2.25. The van der Waals surface area contributed by atoms with Gasteiger partial charge in [-0.05, 0) is 47.6 Å². The summed E-state index contributed by atoms with van der Waals surface area (Å²) in [5, 5.41) is 0. The Hall–Kier alpha value is -2.58. The van der Waals surface area contributed by atoms with Crippen LogP contribution >= 0.6 is 0 Å². The topological polar surface area (TPSA) is 29.3 Å². The molecule has 1 aliphatic rings. The molecule has 2 heteroatoms. The molecule has 3 aromatic rings. The highest BCUT2D eigenvalue weighted by molar-refractivity contribution is 5.52. The first kappa shape index (κ1) is 16.9. The van der Waals surface area contributed by atoms with E-state index in [-0.39, 0.29) is 0 Å². The van der Waals surface area contributed by atoms with Crippen LogP contribution in [0.2, 0.25) is 0 Å². The Morgan fingerprint density at radius 1 is 0.769 bits per heavy atom. The van der Waals surface area contributed by atoms with E-state index in [1.807, 2.05) is 6.07 Å². The molecule has 0 saturated heterocycles. The number of nitrogen functional groups attached to an aromatic ring is 1. The fraction of sp³-hybridized carbons (Fsp3) is 0.250. The van der Waals surface area contributed by atoms with Gasteiger partial charge in [0, 0.05) is 24.8 Å². The Morgan fingerprint density at radius 3 is 2.00 bits per heavy atom. The number of benzene rings is 3. The lowest BCUT2D eigenvalue weighted by Crippen LogP contribution is -2.38. The van der Waals surface area contributed by atoms with Crippen LogP contribution in [-0.4, -0.2) is 10.9 Å².